The molecule has 0 bridgehead atoms. The van der Waals surface area contributed by atoms with Gasteiger partial charge in [0.05, 0.1) is 6.54 Å². The van der Waals surface area contributed by atoms with Crippen molar-refractivity contribution in [1.82, 2.24) is 9.88 Å². The van der Waals surface area contributed by atoms with Crippen molar-refractivity contribution in [3.05, 3.63) is 30.1 Å². The summed E-state index contributed by atoms with van der Waals surface area (Å²) >= 11 is 0. The van der Waals surface area contributed by atoms with Gasteiger partial charge in [0.15, 0.2) is 0 Å². The van der Waals surface area contributed by atoms with Gasteiger partial charge < -0.3 is 0 Å². The second-order valence-electron chi connectivity index (χ2n) is 3.39. The Morgan fingerprint density at radius 2 is 2.00 bits per heavy atom. The average Bonchev–Trinajstić information content (AvgIpc) is 2.25. The number of halogens is 2. The predicted molar refractivity (Wildman–Crippen MR) is 56.1 cm³/mol. The van der Waals surface area contributed by atoms with Crippen molar-refractivity contribution in [1.29, 1.82) is 0 Å². The zero-order valence-corrected chi connectivity index (χ0v) is 8.87. The lowest BCUT2D eigenvalue weighted by Crippen LogP contribution is -2.30. The van der Waals surface area contributed by atoms with Crippen LogP contribution in [-0.4, -0.2) is 35.9 Å². The third kappa shape index (κ3) is 4.83. The first-order chi connectivity index (χ1) is 7.22. The first kappa shape index (κ1) is 12.0. The predicted octanol–water partition coefficient (Wildman–Crippen LogP) is 2.21. The molecule has 0 amide bonds. The number of alkyl halides is 2. The van der Waals surface area contributed by atoms with E-state index in [4.69, 9.17) is 0 Å². The molecule has 1 rings (SSSR count). The molecule has 0 aliphatic carbocycles. The van der Waals surface area contributed by atoms with Crippen LogP contribution >= 0.6 is 0 Å². The van der Waals surface area contributed by atoms with Gasteiger partial charge in [0, 0.05) is 18.9 Å². The number of nitrogens with zero attached hydrogens (tertiary/aromatic N) is 2. The monoisotopic (exact) mass is 214 g/mol. The molecule has 15 heavy (non-hydrogen) atoms. The Kier molecular flexibility index (Phi) is 5.18. The van der Waals surface area contributed by atoms with Crippen LogP contribution in [0.4, 0.5) is 8.78 Å². The molecule has 0 fully saturated rings. The van der Waals surface area contributed by atoms with Crippen LogP contribution in [0.25, 0.3) is 0 Å². The number of likely N-dealkylation sites (N-methyl/N-ethyl adjacent to an activating group) is 1. The molecular formula is C11H16F2N2. The molecule has 4 heteroatoms. The van der Waals surface area contributed by atoms with Gasteiger partial charge in [-0.2, -0.15) is 0 Å². The summed E-state index contributed by atoms with van der Waals surface area (Å²) in [6.07, 6.45) is 1.99. The summed E-state index contributed by atoms with van der Waals surface area (Å²) in [5.74, 6) is 0. The molecule has 1 heterocycles. The summed E-state index contributed by atoms with van der Waals surface area (Å²) in [4.78, 5) is 5.66. The van der Waals surface area contributed by atoms with Gasteiger partial charge in [0.1, 0.15) is 0 Å². The fourth-order valence-corrected chi connectivity index (χ4v) is 1.41. The van der Waals surface area contributed by atoms with Crippen LogP contribution in [-0.2, 0) is 6.42 Å². The van der Waals surface area contributed by atoms with Crippen LogP contribution in [0.3, 0.4) is 0 Å². The summed E-state index contributed by atoms with van der Waals surface area (Å²) in [6.45, 7) is 3.09. The molecule has 84 valence electrons. The Hall–Kier alpha value is -1.03. The Morgan fingerprint density at radius 3 is 2.53 bits per heavy atom. The van der Waals surface area contributed by atoms with Crippen LogP contribution in [0.1, 0.15) is 12.5 Å². The molecule has 0 spiro atoms. The third-order valence-corrected chi connectivity index (χ3v) is 2.31. The quantitative estimate of drug-likeness (QED) is 0.721. The minimum atomic E-state index is -2.25. The van der Waals surface area contributed by atoms with Crippen LogP contribution in [0, 0.1) is 0 Å². The summed E-state index contributed by atoms with van der Waals surface area (Å²) in [7, 11) is 0. The summed E-state index contributed by atoms with van der Waals surface area (Å²) in [5, 5.41) is 0. The van der Waals surface area contributed by atoms with Gasteiger partial charge in [-0.25, -0.2) is 8.78 Å². The van der Waals surface area contributed by atoms with E-state index in [1.54, 1.807) is 17.3 Å². The molecule has 0 unspecified atom stereocenters. The Morgan fingerprint density at radius 1 is 1.33 bits per heavy atom. The van der Waals surface area contributed by atoms with Crippen molar-refractivity contribution in [2.24, 2.45) is 0 Å². The van der Waals surface area contributed by atoms with E-state index in [1.807, 2.05) is 19.1 Å². The topological polar surface area (TPSA) is 16.1 Å². The van der Waals surface area contributed by atoms with Crippen LogP contribution in [0.15, 0.2) is 24.5 Å². The average molecular weight is 214 g/mol. The molecule has 0 saturated heterocycles. The van der Waals surface area contributed by atoms with Gasteiger partial charge in [-0.1, -0.05) is 6.92 Å². The zero-order valence-electron chi connectivity index (χ0n) is 8.87. The van der Waals surface area contributed by atoms with Gasteiger partial charge in [0.25, 0.3) is 6.43 Å². The lowest BCUT2D eigenvalue weighted by molar-refractivity contribution is 0.0913. The van der Waals surface area contributed by atoms with Crippen molar-refractivity contribution in [3.63, 3.8) is 0 Å². The summed E-state index contributed by atoms with van der Waals surface area (Å²) < 4.78 is 24.3. The molecule has 2 nitrogen and oxygen atoms in total. The maximum absolute atomic E-state index is 12.1. The number of aromatic nitrogens is 1. The standard InChI is InChI=1S/C11H16F2N2/c1-2-15(9-11(12)13)8-5-10-3-6-14-7-4-10/h3-4,6-7,11H,2,5,8-9H2,1H3. The fraction of sp³-hybridized carbons (Fsp3) is 0.545. The minimum Gasteiger partial charge on any atom is -0.298 e. The molecular weight excluding hydrogens is 198 g/mol. The minimum absolute atomic E-state index is 0.137. The van der Waals surface area contributed by atoms with Crippen molar-refractivity contribution in [3.8, 4) is 0 Å². The van der Waals surface area contributed by atoms with Crippen molar-refractivity contribution >= 4 is 0 Å². The van der Waals surface area contributed by atoms with E-state index >= 15 is 0 Å². The Bertz CT molecular complexity index is 265. The highest BCUT2D eigenvalue weighted by atomic mass is 19.3. The van der Waals surface area contributed by atoms with Crippen LogP contribution in [0.5, 0.6) is 0 Å². The summed E-state index contributed by atoms with van der Waals surface area (Å²) in [6, 6.07) is 3.83. The van der Waals surface area contributed by atoms with E-state index in [9.17, 15) is 8.78 Å². The van der Waals surface area contributed by atoms with E-state index in [-0.39, 0.29) is 6.54 Å². The highest BCUT2D eigenvalue weighted by Gasteiger charge is 2.09. The SMILES string of the molecule is CCN(CCc1ccncc1)CC(F)F. The molecule has 1 aromatic rings. The number of pyridine rings is 1. The second kappa shape index (κ2) is 6.45. The first-order valence-electron chi connectivity index (χ1n) is 5.11. The number of hydrogen-bond acceptors (Lipinski definition) is 2. The van der Waals surface area contributed by atoms with Crippen molar-refractivity contribution in [2.75, 3.05) is 19.6 Å². The van der Waals surface area contributed by atoms with Crippen LogP contribution < -0.4 is 0 Å². The lowest BCUT2D eigenvalue weighted by Gasteiger charge is -2.19. The molecule has 0 aromatic carbocycles. The fourth-order valence-electron chi connectivity index (χ4n) is 1.41. The van der Waals surface area contributed by atoms with Crippen LogP contribution in [0.2, 0.25) is 0 Å². The van der Waals surface area contributed by atoms with E-state index < -0.39 is 6.43 Å². The molecule has 1 aromatic heterocycles. The van der Waals surface area contributed by atoms with Gasteiger partial charge in [-0.15, -0.1) is 0 Å². The van der Waals surface area contributed by atoms with Gasteiger partial charge in [-0.05, 0) is 30.7 Å². The van der Waals surface area contributed by atoms with E-state index in [1.165, 1.54) is 0 Å². The highest BCUT2D eigenvalue weighted by Crippen LogP contribution is 2.02. The molecule has 0 atom stereocenters. The van der Waals surface area contributed by atoms with Gasteiger partial charge in [-0.3, -0.25) is 9.88 Å². The molecule has 0 aliphatic rings. The Balaban J connectivity index is 2.34. The zero-order chi connectivity index (χ0) is 11.1. The summed E-state index contributed by atoms with van der Waals surface area (Å²) in [5.41, 5.74) is 1.14. The van der Waals surface area contributed by atoms with Crippen molar-refractivity contribution < 1.29 is 8.78 Å². The van der Waals surface area contributed by atoms with Crippen molar-refractivity contribution in [2.45, 2.75) is 19.8 Å². The maximum atomic E-state index is 12.1. The number of hydrogen-bond donors (Lipinski definition) is 0. The third-order valence-electron chi connectivity index (χ3n) is 2.31. The molecule has 0 saturated carbocycles. The normalized spacial score (nSPS) is 11.3. The molecule has 0 radical (unpaired) electrons. The van der Waals surface area contributed by atoms with E-state index in [2.05, 4.69) is 4.98 Å². The molecule has 0 aliphatic heterocycles. The maximum Gasteiger partial charge on any atom is 0.251 e. The largest absolute Gasteiger partial charge is 0.298 e. The first-order valence-corrected chi connectivity index (χ1v) is 5.11. The van der Waals surface area contributed by atoms with Gasteiger partial charge in [0.2, 0.25) is 0 Å². The second-order valence-corrected chi connectivity index (χ2v) is 3.39. The lowest BCUT2D eigenvalue weighted by atomic mass is 10.2. The number of rotatable bonds is 6. The Labute approximate surface area is 88.9 Å². The van der Waals surface area contributed by atoms with E-state index in [0.29, 0.717) is 13.1 Å². The van der Waals surface area contributed by atoms with E-state index in [0.717, 1.165) is 12.0 Å². The highest BCUT2D eigenvalue weighted by molar-refractivity contribution is 5.09. The van der Waals surface area contributed by atoms with Gasteiger partial charge >= 0.3 is 0 Å². The molecule has 0 N–H and O–H groups in total. The smallest absolute Gasteiger partial charge is 0.251 e.